The lowest BCUT2D eigenvalue weighted by molar-refractivity contribution is -0.653. The van der Waals surface area contributed by atoms with Gasteiger partial charge in [-0.1, -0.05) is 18.2 Å². The number of primary amides is 1. The Kier molecular flexibility index (Phi) is 6.69. The Morgan fingerprint density at radius 1 is 1.25 bits per heavy atom. The Balaban J connectivity index is 1.94. The van der Waals surface area contributed by atoms with Crippen LogP contribution >= 0.6 is 11.8 Å². The molecule has 0 spiro atoms. The average molecular weight is 239 g/mol. The minimum absolute atomic E-state index is 0.213. The van der Waals surface area contributed by atoms with Gasteiger partial charge < -0.3 is 11.1 Å². The van der Waals surface area contributed by atoms with Gasteiger partial charge in [0.15, 0.2) is 0 Å². The highest BCUT2D eigenvalue weighted by Gasteiger charge is 1.97. The Labute approximate surface area is 101 Å². The van der Waals surface area contributed by atoms with Gasteiger partial charge in [0.2, 0.25) is 5.91 Å². The SMILES string of the molecule is NC(=O)CC[NH2+]CCCSc1ccccc1. The van der Waals surface area contributed by atoms with Crippen LogP contribution in [-0.4, -0.2) is 24.7 Å². The number of carbonyl (C=O) groups excluding carboxylic acids is 1. The van der Waals surface area contributed by atoms with Crippen LogP contribution in [0.5, 0.6) is 0 Å². The fourth-order valence-corrected chi connectivity index (χ4v) is 2.22. The van der Waals surface area contributed by atoms with E-state index in [0.717, 1.165) is 25.3 Å². The van der Waals surface area contributed by atoms with Crippen molar-refractivity contribution in [2.24, 2.45) is 5.73 Å². The number of rotatable bonds is 8. The summed E-state index contributed by atoms with van der Waals surface area (Å²) in [4.78, 5) is 11.8. The lowest BCUT2D eigenvalue weighted by Gasteiger charge is -2.01. The summed E-state index contributed by atoms with van der Waals surface area (Å²) in [5.74, 6) is 0.909. The summed E-state index contributed by atoms with van der Waals surface area (Å²) in [7, 11) is 0. The fraction of sp³-hybridized carbons (Fsp3) is 0.417. The zero-order valence-corrected chi connectivity index (χ0v) is 10.2. The molecule has 3 nitrogen and oxygen atoms in total. The van der Waals surface area contributed by atoms with E-state index < -0.39 is 0 Å². The van der Waals surface area contributed by atoms with Crippen LogP contribution in [-0.2, 0) is 4.79 Å². The number of thioether (sulfide) groups is 1. The summed E-state index contributed by atoms with van der Waals surface area (Å²) in [5, 5.41) is 2.15. The summed E-state index contributed by atoms with van der Waals surface area (Å²) in [5.41, 5.74) is 5.05. The fourth-order valence-electron chi connectivity index (χ4n) is 1.32. The van der Waals surface area contributed by atoms with Gasteiger partial charge >= 0.3 is 0 Å². The van der Waals surface area contributed by atoms with E-state index in [-0.39, 0.29) is 5.91 Å². The van der Waals surface area contributed by atoms with Gasteiger partial charge in [-0.05, 0) is 12.1 Å². The monoisotopic (exact) mass is 239 g/mol. The third kappa shape index (κ3) is 6.48. The molecule has 16 heavy (non-hydrogen) atoms. The molecule has 1 aromatic rings. The van der Waals surface area contributed by atoms with Gasteiger partial charge in [-0.15, -0.1) is 11.8 Å². The average Bonchev–Trinajstić information content (AvgIpc) is 2.29. The van der Waals surface area contributed by atoms with Crippen LogP contribution in [0, 0.1) is 0 Å². The molecule has 4 heteroatoms. The van der Waals surface area contributed by atoms with Gasteiger partial charge in [0.05, 0.1) is 19.5 Å². The predicted molar refractivity (Wildman–Crippen MR) is 67.3 cm³/mol. The van der Waals surface area contributed by atoms with E-state index in [0.29, 0.717) is 6.42 Å². The zero-order chi connectivity index (χ0) is 11.6. The largest absolute Gasteiger partial charge is 0.369 e. The molecule has 0 saturated heterocycles. The lowest BCUT2D eigenvalue weighted by Crippen LogP contribution is -2.84. The Morgan fingerprint density at radius 3 is 2.69 bits per heavy atom. The smallest absolute Gasteiger partial charge is 0.223 e. The summed E-state index contributed by atoms with van der Waals surface area (Å²) in [6.45, 7) is 1.87. The molecule has 88 valence electrons. The van der Waals surface area contributed by atoms with Crippen molar-refractivity contribution < 1.29 is 10.1 Å². The molecule has 1 amide bonds. The predicted octanol–water partition coefficient (Wildman–Crippen LogP) is 0.608. The van der Waals surface area contributed by atoms with E-state index in [2.05, 4.69) is 29.6 Å². The number of hydrogen-bond donors (Lipinski definition) is 2. The van der Waals surface area contributed by atoms with Crippen LogP contribution in [0.15, 0.2) is 35.2 Å². The number of benzene rings is 1. The van der Waals surface area contributed by atoms with E-state index in [1.807, 2.05) is 17.8 Å². The normalized spacial score (nSPS) is 10.2. The molecular weight excluding hydrogens is 220 g/mol. The molecule has 4 N–H and O–H groups in total. The first kappa shape index (κ1) is 13.1. The van der Waals surface area contributed by atoms with Crippen LogP contribution < -0.4 is 11.1 Å². The minimum atomic E-state index is -0.213. The maximum absolute atomic E-state index is 10.5. The lowest BCUT2D eigenvalue weighted by atomic mass is 10.4. The van der Waals surface area contributed by atoms with Crippen molar-refractivity contribution in [2.45, 2.75) is 17.7 Å². The molecule has 0 fully saturated rings. The third-order valence-corrected chi connectivity index (χ3v) is 3.26. The minimum Gasteiger partial charge on any atom is -0.369 e. The molecule has 0 unspecified atom stereocenters. The summed E-state index contributed by atoms with van der Waals surface area (Å²) in [6.07, 6.45) is 1.63. The van der Waals surface area contributed by atoms with Crippen molar-refractivity contribution in [3.8, 4) is 0 Å². The molecule has 0 saturated carbocycles. The molecule has 1 rings (SSSR count). The van der Waals surface area contributed by atoms with Gasteiger partial charge in [-0.2, -0.15) is 0 Å². The van der Waals surface area contributed by atoms with Crippen molar-refractivity contribution >= 4 is 17.7 Å². The number of quaternary nitrogens is 1. The molecule has 0 heterocycles. The number of hydrogen-bond acceptors (Lipinski definition) is 2. The van der Waals surface area contributed by atoms with Crippen LogP contribution in [0.3, 0.4) is 0 Å². The van der Waals surface area contributed by atoms with E-state index in [1.165, 1.54) is 4.90 Å². The van der Waals surface area contributed by atoms with Crippen molar-refractivity contribution in [3.05, 3.63) is 30.3 Å². The topological polar surface area (TPSA) is 59.7 Å². The second-order valence-electron chi connectivity index (χ2n) is 3.60. The van der Waals surface area contributed by atoms with Crippen LogP contribution in [0.4, 0.5) is 0 Å². The molecule has 0 aliphatic heterocycles. The maximum Gasteiger partial charge on any atom is 0.223 e. The molecule has 0 aliphatic rings. The van der Waals surface area contributed by atoms with Gasteiger partial charge in [0, 0.05) is 17.1 Å². The standard InChI is InChI=1S/C12H18N2OS/c13-12(15)7-9-14-8-4-10-16-11-5-2-1-3-6-11/h1-3,5-6,14H,4,7-10H2,(H2,13,15)/p+1. The molecular formula is C12H19N2OS+. The Bertz CT molecular complexity index is 303. The van der Waals surface area contributed by atoms with Gasteiger partial charge in [-0.25, -0.2) is 0 Å². The summed E-state index contributed by atoms with van der Waals surface area (Å²) >= 11 is 1.87. The summed E-state index contributed by atoms with van der Waals surface area (Å²) in [6, 6.07) is 10.4. The number of amides is 1. The molecule has 0 bridgehead atoms. The van der Waals surface area contributed by atoms with E-state index >= 15 is 0 Å². The third-order valence-electron chi connectivity index (χ3n) is 2.16. The maximum atomic E-state index is 10.5. The first-order valence-electron chi connectivity index (χ1n) is 5.57. The highest BCUT2D eigenvalue weighted by molar-refractivity contribution is 7.99. The van der Waals surface area contributed by atoms with E-state index in [4.69, 9.17) is 5.73 Å². The van der Waals surface area contributed by atoms with Crippen molar-refractivity contribution in [1.82, 2.24) is 0 Å². The van der Waals surface area contributed by atoms with E-state index in [9.17, 15) is 4.79 Å². The quantitative estimate of drug-likeness (QED) is 0.516. The van der Waals surface area contributed by atoms with Crippen molar-refractivity contribution in [3.63, 3.8) is 0 Å². The Morgan fingerprint density at radius 2 is 2.00 bits per heavy atom. The molecule has 1 aromatic carbocycles. The second kappa shape index (κ2) is 8.19. The highest BCUT2D eigenvalue weighted by atomic mass is 32.2. The Hall–Kier alpha value is -1.00. The van der Waals surface area contributed by atoms with Crippen molar-refractivity contribution in [1.29, 1.82) is 0 Å². The number of nitrogens with two attached hydrogens (primary N) is 2. The van der Waals surface area contributed by atoms with Crippen LogP contribution in [0.1, 0.15) is 12.8 Å². The van der Waals surface area contributed by atoms with Crippen LogP contribution in [0.25, 0.3) is 0 Å². The molecule has 0 radical (unpaired) electrons. The first-order chi connectivity index (χ1) is 7.79. The molecule has 0 atom stereocenters. The first-order valence-corrected chi connectivity index (χ1v) is 6.55. The highest BCUT2D eigenvalue weighted by Crippen LogP contribution is 2.16. The second-order valence-corrected chi connectivity index (χ2v) is 4.77. The van der Waals surface area contributed by atoms with Gasteiger partial charge in [0.1, 0.15) is 0 Å². The zero-order valence-electron chi connectivity index (χ0n) is 9.39. The molecule has 0 aromatic heterocycles. The summed E-state index contributed by atoms with van der Waals surface area (Å²) < 4.78 is 0. The van der Waals surface area contributed by atoms with Gasteiger partial charge in [-0.3, -0.25) is 4.79 Å². The van der Waals surface area contributed by atoms with Gasteiger partial charge in [0.25, 0.3) is 0 Å². The molecule has 0 aliphatic carbocycles. The van der Waals surface area contributed by atoms with Crippen molar-refractivity contribution in [2.75, 3.05) is 18.8 Å². The van der Waals surface area contributed by atoms with Crippen LogP contribution in [0.2, 0.25) is 0 Å². The number of carbonyl (C=O) groups is 1. The van der Waals surface area contributed by atoms with E-state index in [1.54, 1.807) is 0 Å².